The van der Waals surface area contributed by atoms with Crippen LogP contribution in [0.2, 0.25) is 0 Å². The highest BCUT2D eigenvalue weighted by Gasteiger charge is 2.24. The van der Waals surface area contributed by atoms with Crippen molar-refractivity contribution in [3.8, 4) is 0 Å². The molecule has 0 aromatic carbocycles. The van der Waals surface area contributed by atoms with Gasteiger partial charge in [0.15, 0.2) is 5.78 Å². The predicted octanol–water partition coefficient (Wildman–Crippen LogP) is 0.906. The molecule has 5 heteroatoms. The Kier molecular flexibility index (Phi) is 4.25. The van der Waals surface area contributed by atoms with Crippen LogP contribution in [0.4, 0.5) is 0 Å². The maximum atomic E-state index is 11.3. The molecule has 5 nitrogen and oxygen atoms in total. The fraction of sp³-hybridized carbons (Fsp3) is 0.455. The van der Waals surface area contributed by atoms with E-state index in [1.807, 2.05) is 0 Å². The average Bonchev–Trinajstić information content (AvgIpc) is 2.95. The van der Waals surface area contributed by atoms with E-state index in [-0.39, 0.29) is 29.8 Å². The molecule has 0 amide bonds. The molecule has 1 N–H and O–H groups in total. The number of aliphatic hydroxyl groups is 1. The van der Waals surface area contributed by atoms with Crippen molar-refractivity contribution >= 4 is 11.8 Å². The van der Waals surface area contributed by atoms with E-state index in [4.69, 9.17) is 9.47 Å². The van der Waals surface area contributed by atoms with Crippen LogP contribution in [-0.2, 0) is 19.1 Å². The third-order valence-electron chi connectivity index (χ3n) is 1.84. The molecule has 1 atom stereocenters. The van der Waals surface area contributed by atoms with Gasteiger partial charge in [-0.25, -0.2) is 4.79 Å². The Morgan fingerprint density at radius 2 is 2.06 bits per heavy atom. The van der Waals surface area contributed by atoms with Gasteiger partial charge >= 0.3 is 5.97 Å². The van der Waals surface area contributed by atoms with Crippen LogP contribution >= 0.6 is 0 Å². The maximum Gasteiger partial charge on any atom is 0.333 e. The van der Waals surface area contributed by atoms with Crippen LogP contribution < -0.4 is 0 Å². The van der Waals surface area contributed by atoms with E-state index in [1.165, 1.54) is 19.9 Å². The zero-order chi connectivity index (χ0) is 12.1. The molecule has 0 bridgehead atoms. The Morgan fingerprint density at radius 3 is 2.56 bits per heavy atom. The Labute approximate surface area is 93.3 Å². The minimum atomic E-state index is -0.529. The lowest BCUT2D eigenvalue weighted by atomic mass is 10.2. The van der Waals surface area contributed by atoms with Gasteiger partial charge in [0.05, 0.1) is 6.61 Å². The van der Waals surface area contributed by atoms with Gasteiger partial charge in [0.2, 0.25) is 0 Å². The molecule has 0 radical (unpaired) electrons. The highest BCUT2D eigenvalue weighted by molar-refractivity contribution is 5.90. The number of carbonyl (C=O) groups excluding carboxylic acids is 2. The van der Waals surface area contributed by atoms with E-state index in [0.717, 1.165) is 6.08 Å². The van der Waals surface area contributed by atoms with Gasteiger partial charge in [-0.15, -0.1) is 0 Å². The summed E-state index contributed by atoms with van der Waals surface area (Å²) in [7, 11) is 0. The summed E-state index contributed by atoms with van der Waals surface area (Å²) in [6.07, 6.45) is 2.23. The Bertz CT molecular complexity index is 349. The summed E-state index contributed by atoms with van der Waals surface area (Å²) in [5.41, 5.74) is 0.232. The summed E-state index contributed by atoms with van der Waals surface area (Å²) in [5.74, 6) is -1.08. The lowest BCUT2D eigenvalue weighted by Gasteiger charge is -2.02. The number of hydrogen-bond donors (Lipinski definition) is 1. The van der Waals surface area contributed by atoms with Crippen LogP contribution in [-0.4, -0.2) is 36.2 Å². The summed E-state index contributed by atoms with van der Waals surface area (Å²) < 4.78 is 9.75. The number of esters is 1. The van der Waals surface area contributed by atoms with E-state index in [1.54, 1.807) is 0 Å². The third kappa shape index (κ3) is 4.75. The van der Waals surface area contributed by atoms with Crippen molar-refractivity contribution in [3.05, 3.63) is 23.5 Å². The number of epoxide rings is 1. The minimum Gasteiger partial charge on any atom is -0.508 e. The SMILES string of the molecule is CC(=O)C=C(O)C=C(C)C(=O)OCC1CO1. The van der Waals surface area contributed by atoms with Gasteiger partial charge in [-0.1, -0.05) is 0 Å². The largest absolute Gasteiger partial charge is 0.508 e. The summed E-state index contributed by atoms with van der Waals surface area (Å²) in [4.78, 5) is 22.0. The van der Waals surface area contributed by atoms with Gasteiger partial charge in [-0.2, -0.15) is 0 Å². The molecule has 1 unspecified atom stereocenters. The normalized spacial score (nSPS) is 20.5. The highest BCUT2D eigenvalue weighted by Crippen LogP contribution is 2.10. The first-order valence-corrected chi connectivity index (χ1v) is 4.87. The molecule has 0 aliphatic carbocycles. The second-order valence-electron chi connectivity index (χ2n) is 3.56. The molecule has 0 saturated carbocycles. The first-order chi connectivity index (χ1) is 7.49. The third-order valence-corrected chi connectivity index (χ3v) is 1.84. The quantitative estimate of drug-likeness (QED) is 0.248. The lowest BCUT2D eigenvalue weighted by Crippen LogP contribution is -2.10. The van der Waals surface area contributed by atoms with Gasteiger partial charge in [0, 0.05) is 11.6 Å². The first-order valence-electron chi connectivity index (χ1n) is 4.87. The van der Waals surface area contributed by atoms with Crippen molar-refractivity contribution in [2.45, 2.75) is 20.0 Å². The molecule has 1 aliphatic heterocycles. The number of ketones is 1. The van der Waals surface area contributed by atoms with Gasteiger partial charge in [0.25, 0.3) is 0 Å². The number of hydrogen-bond acceptors (Lipinski definition) is 5. The van der Waals surface area contributed by atoms with Crippen molar-refractivity contribution < 1.29 is 24.2 Å². The van der Waals surface area contributed by atoms with Gasteiger partial charge in [-0.05, 0) is 19.9 Å². The Morgan fingerprint density at radius 1 is 1.44 bits per heavy atom. The van der Waals surface area contributed by atoms with Crippen LogP contribution in [0.25, 0.3) is 0 Å². The van der Waals surface area contributed by atoms with Gasteiger partial charge < -0.3 is 14.6 Å². The summed E-state index contributed by atoms with van der Waals surface area (Å²) in [6.45, 7) is 3.65. The number of carbonyl (C=O) groups is 2. The molecule has 1 fully saturated rings. The predicted molar refractivity (Wildman–Crippen MR) is 55.8 cm³/mol. The lowest BCUT2D eigenvalue weighted by molar-refractivity contribution is -0.139. The zero-order valence-electron chi connectivity index (χ0n) is 9.23. The second-order valence-corrected chi connectivity index (χ2v) is 3.56. The second kappa shape index (κ2) is 5.46. The van der Waals surface area contributed by atoms with E-state index in [0.29, 0.717) is 6.61 Å². The smallest absolute Gasteiger partial charge is 0.333 e. The molecular formula is C11H14O5. The van der Waals surface area contributed by atoms with Crippen molar-refractivity contribution in [3.63, 3.8) is 0 Å². The van der Waals surface area contributed by atoms with Crippen LogP contribution in [0.1, 0.15) is 13.8 Å². The van der Waals surface area contributed by atoms with E-state index in [2.05, 4.69) is 0 Å². The summed E-state index contributed by atoms with van der Waals surface area (Å²) in [6, 6.07) is 0. The summed E-state index contributed by atoms with van der Waals surface area (Å²) >= 11 is 0. The molecule has 88 valence electrons. The van der Waals surface area contributed by atoms with Crippen molar-refractivity contribution in [1.82, 2.24) is 0 Å². The Balaban J connectivity index is 2.46. The molecular weight excluding hydrogens is 212 g/mol. The molecule has 1 rings (SSSR count). The number of rotatable bonds is 5. The van der Waals surface area contributed by atoms with Crippen molar-refractivity contribution in [2.24, 2.45) is 0 Å². The maximum absolute atomic E-state index is 11.3. The molecule has 0 aromatic heterocycles. The van der Waals surface area contributed by atoms with E-state index in [9.17, 15) is 14.7 Å². The molecule has 16 heavy (non-hydrogen) atoms. The zero-order valence-corrected chi connectivity index (χ0v) is 9.23. The molecule has 0 spiro atoms. The monoisotopic (exact) mass is 226 g/mol. The number of aliphatic hydroxyl groups excluding tert-OH is 1. The van der Waals surface area contributed by atoms with Gasteiger partial charge in [-0.3, -0.25) is 4.79 Å². The van der Waals surface area contributed by atoms with Crippen molar-refractivity contribution in [2.75, 3.05) is 13.2 Å². The average molecular weight is 226 g/mol. The first kappa shape index (κ1) is 12.4. The summed E-state index contributed by atoms with van der Waals surface area (Å²) in [5, 5.41) is 9.26. The van der Waals surface area contributed by atoms with Gasteiger partial charge in [0.1, 0.15) is 18.5 Å². The van der Waals surface area contributed by atoms with Crippen LogP contribution in [0.15, 0.2) is 23.5 Å². The topological polar surface area (TPSA) is 76.1 Å². The van der Waals surface area contributed by atoms with Crippen LogP contribution in [0, 0.1) is 0 Å². The fourth-order valence-corrected chi connectivity index (χ4v) is 0.977. The fourth-order valence-electron chi connectivity index (χ4n) is 0.977. The molecule has 0 aromatic rings. The molecule has 1 saturated heterocycles. The standard InChI is InChI=1S/C11H14O5/c1-7(3-9(13)4-8(2)12)11(14)16-6-10-5-15-10/h3-4,10,13H,5-6H2,1-2H3. The molecule has 1 heterocycles. The molecule has 1 aliphatic rings. The number of allylic oxidation sites excluding steroid dienone is 2. The van der Waals surface area contributed by atoms with E-state index >= 15 is 0 Å². The minimum absolute atomic E-state index is 0.0121. The van der Waals surface area contributed by atoms with Crippen LogP contribution in [0.5, 0.6) is 0 Å². The van der Waals surface area contributed by atoms with Crippen LogP contribution in [0.3, 0.4) is 0 Å². The van der Waals surface area contributed by atoms with Crippen molar-refractivity contribution in [1.29, 1.82) is 0 Å². The Hall–Kier alpha value is -1.62. The number of ether oxygens (including phenoxy) is 2. The highest BCUT2D eigenvalue weighted by atomic mass is 16.6. The van der Waals surface area contributed by atoms with E-state index < -0.39 is 5.97 Å².